The molecular formula is C12H12Cl2N2O2Pt. The van der Waals surface area contributed by atoms with Crippen molar-refractivity contribution in [2.45, 2.75) is 6.61 Å². The maximum absolute atomic E-state index is 9.04. The van der Waals surface area contributed by atoms with Crippen molar-refractivity contribution in [3.63, 3.8) is 0 Å². The number of ether oxygens (including phenoxy) is 1. The van der Waals surface area contributed by atoms with Gasteiger partial charge < -0.3 is 9.84 Å². The molecule has 0 amide bonds. The van der Waals surface area contributed by atoms with E-state index in [1.165, 1.54) is 0 Å². The molecule has 0 saturated heterocycles. The van der Waals surface area contributed by atoms with E-state index < -0.39 is 16.5 Å². The summed E-state index contributed by atoms with van der Waals surface area (Å²) in [6.07, 6.45) is 3.32. The molecule has 19 heavy (non-hydrogen) atoms. The number of nitrogens with zero attached hydrogens (tertiary/aromatic N) is 2. The van der Waals surface area contributed by atoms with Crippen LogP contribution < -0.4 is 4.74 Å². The zero-order valence-corrected chi connectivity index (χ0v) is 13.8. The van der Waals surface area contributed by atoms with Gasteiger partial charge in [-0.15, -0.1) is 0 Å². The molecule has 106 valence electrons. The van der Waals surface area contributed by atoms with Crippen LogP contribution in [0.5, 0.6) is 5.75 Å². The maximum atomic E-state index is 9.04. The molecule has 0 fully saturated rings. The number of aliphatic hydroxyl groups is 1. The third-order valence-electron chi connectivity index (χ3n) is 2.24. The van der Waals surface area contributed by atoms with Gasteiger partial charge in [0.2, 0.25) is 0 Å². The zero-order chi connectivity index (χ0) is 14.1. The first-order chi connectivity index (χ1) is 9.24. The summed E-state index contributed by atoms with van der Waals surface area (Å²) in [6, 6.07) is 7.16. The summed E-state index contributed by atoms with van der Waals surface area (Å²) < 4.78 is 5.12. The van der Waals surface area contributed by atoms with Crippen LogP contribution in [-0.2, 0) is 23.1 Å². The molecule has 0 radical (unpaired) electrons. The fraction of sp³-hybridized carbons (Fsp3) is 0.167. The van der Waals surface area contributed by atoms with Crippen LogP contribution in [0.15, 0.2) is 36.7 Å². The molecule has 4 nitrogen and oxygen atoms in total. The van der Waals surface area contributed by atoms with Gasteiger partial charge in [0.1, 0.15) is 5.75 Å². The molecule has 0 saturated carbocycles. The molecule has 0 unspecified atom stereocenters. The second kappa shape index (κ2) is 9.27. The number of aliphatic hydroxyl groups excluding tert-OH is 1. The van der Waals surface area contributed by atoms with Crippen molar-refractivity contribution in [1.29, 1.82) is 0 Å². The summed E-state index contributed by atoms with van der Waals surface area (Å²) in [5.74, 6) is 0.737. The van der Waals surface area contributed by atoms with Crippen LogP contribution in [0.25, 0.3) is 11.4 Å². The van der Waals surface area contributed by atoms with E-state index >= 15 is 0 Å². The Morgan fingerprint density at radius 2 is 1.74 bits per heavy atom. The van der Waals surface area contributed by atoms with Crippen LogP contribution in [0.2, 0.25) is 0 Å². The molecule has 0 spiro atoms. The normalized spacial score (nSPS) is 9.68. The zero-order valence-electron chi connectivity index (χ0n) is 9.99. The number of methoxy groups -OCH3 is 1. The first kappa shape index (κ1) is 16.4. The van der Waals surface area contributed by atoms with Gasteiger partial charge in [-0.25, -0.2) is 0 Å². The van der Waals surface area contributed by atoms with Crippen molar-refractivity contribution in [1.82, 2.24) is 9.97 Å². The van der Waals surface area contributed by atoms with E-state index in [0.29, 0.717) is 0 Å². The molecular weight excluding hydrogens is 470 g/mol. The fourth-order valence-corrected chi connectivity index (χ4v) is 1.39. The molecule has 2 aromatic rings. The second-order valence-corrected chi connectivity index (χ2v) is 6.62. The molecule has 0 bridgehead atoms. The quantitative estimate of drug-likeness (QED) is 0.732. The van der Waals surface area contributed by atoms with Crippen LogP contribution in [0.4, 0.5) is 0 Å². The number of hydrogen-bond acceptors (Lipinski definition) is 4. The fourth-order valence-electron chi connectivity index (χ4n) is 1.39. The van der Waals surface area contributed by atoms with E-state index in [1.807, 2.05) is 12.1 Å². The van der Waals surface area contributed by atoms with Gasteiger partial charge >= 0.3 is 35.3 Å². The van der Waals surface area contributed by atoms with Gasteiger partial charge in [0.15, 0.2) is 0 Å². The van der Waals surface area contributed by atoms with Gasteiger partial charge in [-0.1, -0.05) is 0 Å². The van der Waals surface area contributed by atoms with Crippen molar-refractivity contribution < 1.29 is 26.3 Å². The first-order valence-electron chi connectivity index (χ1n) is 5.13. The summed E-state index contributed by atoms with van der Waals surface area (Å²) >= 11 is -0.472. The second-order valence-electron chi connectivity index (χ2n) is 3.33. The Morgan fingerprint density at radius 1 is 1.16 bits per heavy atom. The Bertz CT molecular complexity index is 469. The average molecular weight is 482 g/mol. The Labute approximate surface area is 128 Å². The molecule has 0 aliphatic carbocycles. The molecule has 2 rings (SSSR count). The average Bonchev–Trinajstić information content (AvgIpc) is 2.48. The van der Waals surface area contributed by atoms with Crippen molar-refractivity contribution in [3.8, 4) is 17.1 Å². The van der Waals surface area contributed by atoms with Crippen LogP contribution in [0, 0.1) is 0 Å². The van der Waals surface area contributed by atoms with Crippen molar-refractivity contribution >= 4 is 18.8 Å². The molecule has 0 aromatic carbocycles. The number of aromatic nitrogens is 2. The SMILES string of the molecule is COc1ccnc(-c2cc(CO)ccn2)c1.[Cl][Pt][Cl]. The summed E-state index contributed by atoms with van der Waals surface area (Å²) in [7, 11) is 11.4. The van der Waals surface area contributed by atoms with Crippen LogP contribution >= 0.6 is 18.8 Å². The molecule has 7 heteroatoms. The summed E-state index contributed by atoms with van der Waals surface area (Å²) in [5, 5.41) is 9.04. The Morgan fingerprint density at radius 3 is 2.32 bits per heavy atom. The van der Waals surface area contributed by atoms with Crippen LogP contribution in [0.3, 0.4) is 0 Å². The summed E-state index contributed by atoms with van der Waals surface area (Å²) in [4.78, 5) is 8.41. The molecule has 2 heterocycles. The van der Waals surface area contributed by atoms with Crippen LogP contribution in [0.1, 0.15) is 5.56 Å². The molecule has 1 N–H and O–H groups in total. The summed E-state index contributed by atoms with van der Waals surface area (Å²) in [5.41, 5.74) is 2.27. The van der Waals surface area contributed by atoms with Crippen molar-refractivity contribution in [2.75, 3.05) is 7.11 Å². The molecule has 2 aromatic heterocycles. The van der Waals surface area contributed by atoms with Gasteiger partial charge in [-0.3, -0.25) is 9.97 Å². The topological polar surface area (TPSA) is 55.2 Å². The minimum atomic E-state index is -0.472. The van der Waals surface area contributed by atoms with Gasteiger partial charge in [0.25, 0.3) is 0 Å². The van der Waals surface area contributed by atoms with E-state index in [-0.39, 0.29) is 6.61 Å². The summed E-state index contributed by atoms with van der Waals surface area (Å²) in [6.45, 7) is -0.000507. The van der Waals surface area contributed by atoms with E-state index in [1.54, 1.807) is 31.6 Å². The van der Waals surface area contributed by atoms with Gasteiger partial charge in [-0.2, -0.15) is 0 Å². The number of pyridine rings is 2. The predicted molar refractivity (Wildman–Crippen MR) is 71.6 cm³/mol. The van der Waals surface area contributed by atoms with E-state index in [9.17, 15) is 0 Å². The Kier molecular flexibility index (Phi) is 7.99. The van der Waals surface area contributed by atoms with E-state index in [0.717, 1.165) is 22.7 Å². The Hall–Kier alpha value is -0.672. The molecule has 0 aliphatic rings. The van der Waals surface area contributed by atoms with Gasteiger partial charge in [0, 0.05) is 18.5 Å². The first-order valence-corrected chi connectivity index (χ1v) is 10.8. The van der Waals surface area contributed by atoms with E-state index in [2.05, 4.69) is 9.97 Å². The van der Waals surface area contributed by atoms with E-state index in [4.69, 9.17) is 28.7 Å². The van der Waals surface area contributed by atoms with Gasteiger partial charge in [-0.05, 0) is 23.8 Å². The van der Waals surface area contributed by atoms with Crippen molar-refractivity contribution in [3.05, 3.63) is 42.2 Å². The minimum absolute atomic E-state index is 0.000507. The van der Waals surface area contributed by atoms with Gasteiger partial charge in [0.05, 0.1) is 25.1 Å². The van der Waals surface area contributed by atoms with Crippen molar-refractivity contribution in [2.24, 2.45) is 0 Å². The number of hydrogen-bond donors (Lipinski definition) is 1. The molecule has 0 atom stereocenters. The number of halogens is 2. The monoisotopic (exact) mass is 481 g/mol. The number of rotatable bonds is 3. The molecule has 0 aliphatic heterocycles. The third-order valence-corrected chi connectivity index (χ3v) is 2.24. The predicted octanol–water partition coefficient (Wildman–Crippen LogP) is 3.02. The van der Waals surface area contributed by atoms with Crippen LogP contribution in [-0.4, -0.2) is 22.2 Å². The Balaban J connectivity index is 0.000000550. The standard InChI is InChI=1S/C12H12N2O2.2ClH.Pt/c1-16-10-3-5-14-12(7-10)11-6-9(8-15)2-4-13-11;;;/h2-7,15H,8H2,1H3;2*1H;/q;;;+2/p-2. The third kappa shape index (κ3) is 5.45.